The van der Waals surface area contributed by atoms with Crippen molar-refractivity contribution in [3.05, 3.63) is 47.8 Å². The molecule has 1 aromatic carbocycles. The third-order valence-electron chi connectivity index (χ3n) is 4.56. The summed E-state index contributed by atoms with van der Waals surface area (Å²) in [4.78, 5) is 26.3. The molecule has 0 bridgehead atoms. The molecule has 0 spiro atoms. The Hall–Kier alpha value is -2.70. The number of carbonyl (C=O) groups is 2. The van der Waals surface area contributed by atoms with Crippen LogP contribution in [0.1, 0.15) is 35.8 Å². The van der Waals surface area contributed by atoms with Crippen molar-refractivity contribution >= 4 is 11.9 Å². The number of hydrogen-bond acceptors (Lipinski definition) is 5. The lowest BCUT2D eigenvalue weighted by molar-refractivity contribution is -0.149. The van der Waals surface area contributed by atoms with Gasteiger partial charge in [-0.2, -0.15) is 0 Å². The lowest BCUT2D eigenvalue weighted by Crippen LogP contribution is -2.43. The molecule has 138 valence electrons. The highest BCUT2D eigenvalue weighted by molar-refractivity contribution is 5.92. The van der Waals surface area contributed by atoms with Gasteiger partial charge in [0.15, 0.2) is 5.69 Å². The summed E-state index contributed by atoms with van der Waals surface area (Å²) in [5.74, 6) is -0.651. The quantitative estimate of drug-likeness (QED) is 0.739. The third-order valence-corrected chi connectivity index (χ3v) is 4.56. The van der Waals surface area contributed by atoms with Gasteiger partial charge in [0.1, 0.15) is 0 Å². The molecule has 1 aliphatic heterocycles. The number of likely N-dealkylation sites (tertiary alicyclic amines) is 1. The number of rotatable bonds is 6. The number of ether oxygens (including phenoxy) is 1. The monoisotopic (exact) mass is 356 g/mol. The fraction of sp³-hybridized carbons (Fsp3) is 0.474. The summed E-state index contributed by atoms with van der Waals surface area (Å²) >= 11 is 0. The van der Waals surface area contributed by atoms with Gasteiger partial charge in [0.2, 0.25) is 0 Å². The molecule has 0 unspecified atom stereocenters. The van der Waals surface area contributed by atoms with E-state index in [9.17, 15) is 9.59 Å². The summed E-state index contributed by atoms with van der Waals surface area (Å²) < 4.78 is 6.77. The van der Waals surface area contributed by atoms with Crippen LogP contribution in [0.4, 0.5) is 0 Å². The molecule has 7 heteroatoms. The van der Waals surface area contributed by atoms with Crippen LogP contribution in [0.25, 0.3) is 0 Å². The number of esters is 1. The van der Waals surface area contributed by atoms with E-state index in [1.807, 2.05) is 18.2 Å². The summed E-state index contributed by atoms with van der Waals surface area (Å²) in [6.45, 7) is 3.83. The zero-order valence-electron chi connectivity index (χ0n) is 15.0. The molecular formula is C19H24N4O3. The maximum Gasteiger partial charge on any atom is 0.310 e. The van der Waals surface area contributed by atoms with E-state index >= 15 is 0 Å². The average Bonchev–Trinajstić information content (AvgIpc) is 3.16. The molecule has 0 radical (unpaired) electrons. The van der Waals surface area contributed by atoms with Crippen molar-refractivity contribution in [2.75, 3.05) is 19.7 Å². The molecule has 0 N–H and O–H groups in total. The summed E-state index contributed by atoms with van der Waals surface area (Å²) in [6, 6.07) is 10.1. The molecule has 0 aliphatic carbocycles. The largest absolute Gasteiger partial charge is 0.466 e. The van der Waals surface area contributed by atoms with E-state index in [0.717, 1.165) is 19.3 Å². The first kappa shape index (κ1) is 18.1. The Bertz CT molecular complexity index is 744. The Morgan fingerprint density at radius 2 is 2.08 bits per heavy atom. The van der Waals surface area contributed by atoms with Gasteiger partial charge in [0, 0.05) is 19.6 Å². The molecule has 1 amide bonds. The van der Waals surface area contributed by atoms with Crippen LogP contribution < -0.4 is 0 Å². The summed E-state index contributed by atoms with van der Waals surface area (Å²) in [5, 5.41) is 8.07. The fourth-order valence-electron chi connectivity index (χ4n) is 3.17. The molecule has 0 saturated carbocycles. The summed E-state index contributed by atoms with van der Waals surface area (Å²) in [7, 11) is 0. The van der Waals surface area contributed by atoms with Gasteiger partial charge in [-0.1, -0.05) is 35.5 Å². The van der Waals surface area contributed by atoms with Gasteiger partial charge in [0.25, 0.3) is 5.91 Å². The third kappa shape index (κ3) is 4.47. The molecule has 1 saturated heterocycles. The fourth-order valence-corrected chi connectivity index (χ4v) is 3.17. The maximum atomic E-state index is 12.7. The molecule has 1 atom stereocenters. The van der Waals surface area contributed by atoms with Crippen molar-refractivity contribution in [3.8, 4) is 0 Å². The van der Waals surface area contributed by atoms with Gasteiger partial charge in [-0.25, -0.2) is 0 Å². The number of benzene rings is 1. The second-order valence-electron chi connectivity index (χ2n) is 6.44. The first-order chi connectivity index (χ1) is 12.7. The second-order valence-corrected chi connectivity index (χ2v) is 6.44. The van der Waals surface area contributed by atoms with Crippen molar-refractivity contribution in [1.29, 1.82) is 0 Å². The summed E-state index contributed by atoms with van der Waals surface area (Å²) in [6.07, 6.45) is 4.05. The highest BCUT2D eigenvalue weighted by Crippen LogP contribution is 2.19. The van der Waals surface area contributed by atoms with Gasteiger partial charge in [-0.15, -0.1) is 5.10 Å². The number of aromatic nitrogens is 3. The van der Waals surface area contributed by atoms with Crippen LogP contribution in [0.2, 0.25) is 0 Å². The molecule has 1 aliphatic rings. The van der Waals surface area contributed by atoms with Gasteiger partial charge in [-0.05, 0) is 31.7 Å². The number of nitrogens with zero attached hydrogens (tertiary/aromatic N) is 4. The van der Waals surface area contributed by atoms with E-state index in [4.69, 9.17) is 4.74 Å². The van der Waals surface area contributed by atoms with Crippen LogP contribution in [0.3, 0.4) is 0 Å². The van der Waals surface area contributed by atoms with Crippen LogP contribution >= 0.6 is 0 Å². The van der Waals surface area contributed by atoms with E-state index in [1.165, 1.54) is 5.56 Å². The molecule has 26 heavy (non-hydrogen) atoms. The van der Waals surface area contributed by atoms with E-state index in [0.29, 0.717) is 31.9 Å². The predicted octanol–water partition coefficient (Wildman–Crippen LogP) is 1.94. The molecule has 2 aromatic rings. The number of piperidine rings is 1. The number of amides is 1. The van der Waals surface area contributed by atoms with E-state index in [2.05, 4.69) is 22.4 Å². The molecule has 1 fully saturated rings. The minimum Gasteiger partial charge on any atom is -0.466 e. The van der Waals surface area contributed by atoms with Crippen molar-refractivity contribution in [2.24, 2.45) is 5.92 Å². The van der Waals surface area contributed by atoms with Crippen molar-refractivity contribution in [2.45, 2.75) is 32.7 Å². The van der Waals surface area contributed by atoms with Crippen molar-refractivity contribution in [1.82, 2.24) is 19.9 Å². The topological polar surface area (TPSA) is 77.3 Å². The first-order valence-corrected chi connectivity index (χ1v) is 9.07. The van der Waals surface area contributed by atoms with Crippen LogP contribution in [0, 0.1) is 5.92 Å². The van der Waals surface area contributed by atoms with E-state index in [1.54, 1.807) is 22.7 Å². The normalized spacial score (nSPS) is 17.1. The zero-order chi connectivity index (χ0) is 18.4. The van der Waals surface area contributed by atoms with Crippen LogP contribution in [0.15, 0.2) is 36.5 Å². The van der Waals surface area contributed by atoms with Gasteiger partial charge >= 0.3 is 5.97 Å². The van der Waals surface area contributed by atoms with Crippen molar-refractivity contribution in [3.63, 3.8) is 0 Å². The molecule has 3 rings (SSSR count). The highest BCUT2D eigenvalue weighted by atomic mass is 16.5. The Morgan fingerprint density at radius 1 is 1.27 bits per heavy atom. The number of hydrogen-bond donors (Lipinski definition) is 0. The smallest absolute Gasteiger partial charge is 0.310 e. The lowest BCUT2D eigenvalue weighted by atomic mass is 9.98. The van der Waals surface area contributed by atoms with Crippen molar-refractivity contribution < 1.29 is 14.3 Å². The molecule has 2 heterocycles. The molecule has 7 nitrogen and oxygen atoms in total. The molecular weight excluding hydrogens is 332 g/mol. The van der Waals surface area contributed by atoms with Crippen LogP contribution in [-0.4, -0.2) is 51.5 Å². The Balaban J connectivity index is 1.58. The van der Waals surface area contributed by atoms with E-state index in [-0.39, 0.29) is 17.8 Å². The Morgan fingerprint density at radius 3 is 2.85 bits per heavy atom. The predicted molar refractivity (Wildman–Crippen MR) is 95.4 cm³/mol. The minimum atomic E-state index is -0.249. The molecule has 1 aromatic heterocycles. The Labute approximate surface area is 152 Å². The standard InChI is InChI=1S/C19H24N4O3/c1-2-26-19(25)16-9-6-11-22(13-16)18(24)17-14-23(21-20-17)12-10-15-7-4-3-5-8-15/h3-5,7-8,14,16H,2,6,9-13H2,1H3/t16-/m0/s1. The van der Waals surface area contributed by atoms with Gasteiger partial charge in [-0.3, -0.25) is 14.3 Å². The van der Waals surface area contributed by atoms with Gasteiger partial charge < -0.3 is 9.64 Å². The highest BCUT2D eigenvalue weighted by Gasteiger charge is 2.30. The maximum absolute atomic E-state index is 12.7. The minimum absolute atomic E-state index is 0.176. The summed E-state index contributed by atoms with van der Waals surface area (Å²) in [5.41, 5.74) is 1.53. The SMILES string of the molecule is CCOC(=O)[C@H]1CCCN(C(=O)c2cn(CCc3ccccc3)nn2)C1. The van der Waals surface area contributed by atoms with Crippen LogP contribution in [-0.2, 0) is 22.5 Å². The lowest BCUT2D eigenvalue weighted by Gasteiger charge is -2.30. The van der Waals surface area contributed by atoms with Gasteiger partial charge in [0.05, 0.1) is 18.7 Å². The first-order valence-electron chi connectivity index (χ1n) is 9.07. The zero-order valence-corrected chi connectivity index (χ0v) is 15.0. The number of carbonyl (C=O) groups excluding carboxylic acids is 2. The average molecular weight is 356 g/mol. The van der Waals surface area contributed by atoms with Crippen LogP contribution in [0.5, 0.6) is 0 Å². The number of aryl methyl sites for hydroxylation is 2. The Kier molecular flexibility index (Phi) is 5.99. The second kappa shape index (κ2) is 8.60. The van der Waals surface area contributed by atoms with E-state index < -0.39 is 0 Å².